The second kappa shape index (κ2) is 9.31. The molecule has 1 aliphatic carbocycles. The van der Waals surface area contributed by atoms with Crippen LogP contribution in [0.5, 0.6) is 5.75 Å². The highest BCUT2D eigenvalue weighted by Crippen LogP contribution is 2.35. The minimum absolute atomic E-state index is 0.0287. The Morgan fingerprint density at radius 2 is 1.76 bits per heavy atom. The number of nitrogens with one attached hydrogen (secondary N) is 1. The SMILES string of the molecule is O=C(NCC1CCC(c2noc(-c3ccc(C(F)(F)F)nn3)n2)CC1)c1cc(F)c(O)c(F)c1. The maximum Gasteiger partial charge on any atom is 0.435 e. The number of halogens is 5. The van der Waals surface area contributed by atoms with Crippen LogP contribution >= 0.6 is 0 Å². The summed E-state index contributed by atoms with van der Waals surface area (Å²) in [6.45, 7) is 0.300. The van der Waals surface area contributed by atoms with E-state index in [0.29, 0.717) is 38.1 Å². The number of nitrogens with zero attached hydrogens (tertiary/aromatic N) is 4. The van der Waals surface area contributed by atoms with Crippen LogP contribution < -0.4 is 5.32 Å². The lowest BCUT2D eigenvalue weighted by Crippen LogP contribution is -2.31. The van der Waals surface area contributed by atoms with Crippen LogP contribution in [0, 0.1) is 17.6 Å². The standard InChI is InChI=1S/C21H18F5N5O3/c22-13-7-12(8-14(23)17(13)32)19(33)27-9-10-1-3-11(4-2-10)18-28-20(34-31-18)15-5-6-16(30-29-15)21(24,25)26/h5-8,10-11,32H,1-4,9H2,(H,27,33). The van der Waals surface area contributed by atoms with Crippen molar-refractivity contribution in [3.8, 4) is 17.3 Å². The van der Waals surface area contributed by atoms with Gasteiger partial charge in [0.1, 0.15) is 0 Å². The summed E-state index contributed by atoms with van der Waals surface area (Å²) in [6, 6.07) is 3.42. The molecule has 34 heavy (non-hydrogen) atoms. The first-order valence-electron chi connectivity index (χ1n) is 10.3. The Bertz CT molecular complexity index is 1150. The average molecular weight is 483 g/mol. The van der Waals surface area contributed by atoms with Gasteiger partial charge < -0.3 is 14.9 Å². The number of phenols is 1. The number of carbonyl (C=O) groups is 1. The predicted octanol–water partition coefficient (Wildman–Crippen LogP) is 4.23. The fourth-order valence-corrected chi connectivity index (χ4v) is 3.76. The molecule has 4 rings (SSSR count). The molecule has 0 atom stereocenters. The monoisotopic (exact) mass is 483 g/mol. The Hall–Kier alpha value is -3.64. The molecular formula is C21H18F5N5O3. The average Bonchev–Trinajstić information content (AvgIpc) is 3.31. The summed E-state index contributed by atoms with van der Waals surface area (Å²) >= 11 is 0. The summed E-state index contributed by atoms with van der Waals surface area (Å²) in [5.74, 6) is -3.75. The first kappa shape index (κ1) is 23.5. The maximum atomic E-state index is 13.4. The highest BCUT2D eigenvalue weighted by atomic mass is 19.4. The second-order valence-electron chi connectivity index (χ2n) is 7.98. The molecule has 8 nitrogen and oxygen atoms in total. The van der Waals surface area contributed by atoms with E-state index in [1.807, 2.05) is 0 Å². The van der Waals surface area contributed by atoms with Gasteiger partial charge >= 0.3 is 6.18 Å². The third-order valence-corrected chi connectivity index (χ3v) is 5.66. The van der Waals surface area contributed by atoms with Gasteiger partial charge in [0.05, 0.1) is 0 Å². The molecule has 0 saturated heterocycles. The van der Waals surface area contributed by atoms with Gasteiger partial charge in [-0.15, -0.1) is 10.2 Å². The molecule has 0 bridgehead atoms. The van der Waals surface area contributed by atoms with E-state index >= 15 is 0 Å². The Morgan fingerprint density at radius 3 is 2.35 bits per heavy atom. The van der Waals surface area contributed by atoms with E-state index in [-0.39, 0.29) is 29.0 Å². The molecule has 1 amide bonds. The number of hydrogen-bond donors (Lipinski definition) is 2. The predicted molar refractivity (Wildman–Crippen MR) is 105 cm³/mol. The normalized spacial score (nSPS) is 18.6. The number of carbonyl (C=O) groups excluding carboxylic acids is 1. The second-order valence-corrected chi connectivity index (χ2v) is 7.98. The van der Waals surface area contributed by atoms with E-state index in [0.717, 1.165) is 24.3 Å². The number of phenolic OH excluding ortho intramolecular Hbond substituents is 1. The van der Waals surface area contributed by atoms with Crippen molar-refractivity contribution in [3.05, 3.63) is 53.0 Å². The molecule has 0 unspecified atom stereocenters. The lowest BCUT2D eigenvalue weighted by molar-refractivity contribution is -0.141. The molecule has 0 radical (unpaired) electrons. The van der Waals surface area contributed by atoms with Gasteiger partial charge in [0, 0.05) is 18.0 Å². The molecule has 1 aromatic carbocycles. The van der Waals surface area contributed by atoms with Gasteiger partial charge in [-0.25, -0.2) is 8.78 Å². The summed E-state index contributed by atoms with van der Waals surface area (Å²) in [7, 11) is 0. The number of benzene rings is 1. The van der Waals surface area contributed by atoms with Crippen LogP contribution in [0.4, 0.5) is 22.0 Å². The minimum Gasteiger partial charge on any atom is -0.503 e. The van der Waals surface area contributed by atoms with E-state index in [4.69, 9.17) is 9.63 Å². The third kappa shape index (κ3) is 5.13. The van der Waals surface area contributed by atoms with E-state index in [9.17, 15) is 26.7 Å². The number of alkyl halides is 3. The van der Waals surface area contributed by atoms with Gasteiger partial charge in [0.15, 0.2) is 34.6 Å². The molecule has 180 valence electrons. The molecular weight excluding hydrogens is 465 g/mol. The summed E-state index contributed by atoms with van der Waals surface area (Å²) in [6.07, 6.45) is -1.80. The van der Waals surface area contributed by atoms with Gasteiger partial charge in [0.25, 0.3) is 11.8 Å². The largest absolute Gasteiger partial charge is 0.503 e. The van der Waals surface area contributed by atoms with Crippen molar-refractivity contribution in [1.82, 2.24) is 25.7 Å². The van der Waals surface area contributed by atoms with Gasteiger partial charge in [-0.1, -0.05) is 5.16 Å². The Kier molecular flexibility index (Phi) is 6.44. The van der Waals surface area contributed by atoms with Crippen molar-refractivity contribution in [1.29, 1.82) is 0 Å². The van der Waals surface area contributed by atoms with Gasteiger partial charge in [-0.05, 0) is 55.9 Å². The number of aromatic hydroxyl groups is 1. The Balaban J connectivity index is 1.30. The molecule has 0 spiro atoms. The number of hydrogen-bond acceptors (Lipinski definition) is 7. The van der Waals surface area contributed by atoms with Crippen LogP contribution in [0.25, 0.3) is 11.6 Å². The number of amides is 1. The minimum atomic E-state index is -4.60. The zero-order chi connectivity index (χ0) is 24.5. The first-order valence-corrected chi connectivity index (χ1v) is 10.3. The van der Waals surface area contributed by atoms with E-state index in [2.05, 4.69) is 25.7 Å². The van der Waals surface area contributed by atoms with Crippen LogP contribution in [-0.4, -0.2) is 37.9 Å². The van der Waals surface area contributed by atoms with Crippen molar-refractivity contribution in [2.24, 2.45) is 5.92 Å². The molecule has 2 N–H and O–H groups in total. The molecule has 1 saturated carbocycles. The molecule has 1 aliphatic rings. The van der Waals surface area contributed by atoms with Gasteiger partial charge in [-0.3, -0.25) is 4.79 Å². The van der Waals surface area contributed by atoms with Crippen molar-refractivity contribution in [3.63, 3.8) is 0 Å². The van der Waals surface area contributed by atoms with E-state index < -0.39 is 35.2 Å². The lowest BCUT2D eigenvalue weighted by Gasteiger charge is -2.26. The highest BCUT2D eigenvalue weighted by molar-refractivity contribution is 5.94. The summed E-state index contributed by atoms with van der Waals surface area (Å²) in [5, 5.41) is 22.3. The van der Waals surface area contributed by atoms with Crippen molar-refractivity contribution < 1.29 is 36.4 Å². The molecule has 2 heterocycles. The van der Waals surface area contributed by atoms with Crippen LogP contribution in [0.15, 0.2) is 28.8 Å². The fraction of sp³-hybridized carbons (Fsp3) is 0.381. The van der Waals surface area contributed by atoms with Crippen LogP contribution in [0.1, 0.15) is 53.5 Å². The highest BCUT2D eigenvalue weighted by Gasteiger charge is 2.33. The zero-order valence-corrected chi connectivity index (χ0v) is 17.4. The quantitative estimate of drug-likeness (QED) is 0.522. The molecule has 2 aromatic heterocycles. The van der Waals surface area contributed by atoms with Crippen LogP contribution in [0.3, 0.4) is 0 Å². The van der Waals surface area contributed by atoms with Crippen molar-refractivity contribution in [2.45, 2.75) is 37.8 Å². The van der Waals surface area contributed by atoms with Gasteiger partial charge in [-0.2, -0.15) is 18.2 Å². The fourth-order valence-electron chi connectivity index (χ4n) is 3.76. The van der Waals surface area contributed by atoms with E-state index in [1.54, 1.807) is 0 Å². The molecule has 1 fully saturated rings. The van der Waals surface area contributed by atoms with Crippen molar-refractivity contribution >= 4 is 5.91 Å². The molecule has 13 heteroatoms. The van der Waals surface area contributed by atoms with Crippen LogP contribution in [-0.2, 0) is 6.18 Å². The van der Waals surface area contributed by atoms with Crippen LogP contribution in [0.2, 0.25) is 0 Å². The zero-order valence-electron chi connectivity index (χ0n) is 17.4. The van der Waals surface area contributed by atoms with E-state index in [1.165, 1.54) is 0 Å². The van der Waals surface area contributed by atoms with Crippen molar-refractivity contribution in [2.75, 3.05) is 6.54 Å². The lowest BCUT2D eigenvalue weighted by atomic mass is 9.81. The Labute approximate surface area is 189 Å². The third-order valence-electron chi connectivity index (χ3n) is 5.66. The topological polar surface area (TPSA) is 114 Å². The molecule has 3 aromatic rings. The summed E-state index contributed by atoms with van der Waals surface area (Å²) in [5.41, 5.74) is -1.32. The Morgan fingerprint density at radius 1 is 1.09 bits per heavy atom. The molecule has 0 aliphatic heterocycles. The first-order chi connectivity index (χ1) is 16.1. The maximum absolute atomic E-state index is 13.4. The summed E-state index contributed by atoms with van der Waals surface area (Å²) in [4.78, 5) is 16.4. The number of rotatable bonds is 5. The smallest absolute Gasteiger partial charge is 0.435 e. The number of aromatic nitrogens is 4. The van der Waals surface area contributed by atoms with Gasteiger partial charge in [0.2, 0.25) is 0 Å². The summed E-state index contributed by atoms with van der Waals surface area (Å²) < 4.78 is 69.8.